The van der Waals surface area contributed by atoms with Gasteiger partial charge in [-0.3, -0.25) is 9.36 Å². The van der Waals surface area contributed by atoms with Crippen molar-refractivity contribution in [3.63, 3.8) is 0 Å². The Morgan fingerprint density at radius 1 is 1.19 bits per heavy atom. The van der Waals surface area contributed by atoms with Crippen molar-refractivity contribution in [1.29, 1.82) is 0 Å². The largest absolute Gasteiger partial charge is 0.321 e. The van der Waals surface area contributed by atoms with Crippen molar-refractivity contribution >= 4 is 11.6 Å². The number of aromatic nitrogens is 4. The summed E-state index contributed by atoms with van der Waals surface area (Å²) in [4.78, 5) is 23.5. The number of carbonyl (C=O) groups is 1. The monoisotopic (exact) mass is 283 g/mol. The molecule has 0 saturated heterocycles. The van der Waals surface area contributed by atoms with E-state index in [9.17, 15) is 9.18 Å². The number of pyridine rings is 2. The van der Waals surface area contributed by atoms with Gasteiger partial charge in [-0.15, -0.1) is 0 Å². The Morgan fingerprint density at radius 2 is 2.10 bits per heavy atom. The van der Waals surface area contributed by atoms with Crippen LogP contribution in [0.3, 0.4) is 0 Å². The van der Waals surface area contributed by atoms with Crippen LogP contribution >= 0.6 is 0 Å². The van der Waals surface area contributed by atoms with E-state index in [4.69, 9.17) is 0 Å². The minimum atomic E-state index is -0.698. The van der Waals surface area contributed by atoms with Gasteiger partial charge in [0.05, 0.1) is 11.9 Å². The molecule has 0 spiro atoms. The molecule has 0 atom stereocenters. The molecule has 0 aliphatic carbocycles. The second kappa shape index (κ2) is 5.49. The van der Waals surface area contributed by atoms with Crippen LogP contribution in [0.2, 0.25) is 0 Å². The Kier molecular flexibility index (Phi) is 3.38. The number of hydrogen-bond donors (Lipinski definition) is 1. The van der Waals surface area contributed by atoms with E-state index in [0.717, 1.165) is 6.07 Å². The first-order valence-corrected chi connectivity index (χ1v) is 6.10. The molecule has 0 saturated carbocycles. The van der Waals surface area contributed by atoms with Gasteiger partial charge in [0.15, 0.2) is 0 Å². The van der Waals surface area contributed by atoms with Gasteiger partial charge in [0.1, 0.15) is 12.1 Å². The normalized spacial score (nSPS) is 10.3. The molecule has 0 aliphatic rings. The Hall–Kier alpha value is -3.09. The number of amides is 1. The van der Waals surface area contributed by atoms with Crippen LogP contribution in [0.5, 0.6) is 0 Å². The highest BCUT2D eigenvalue weighted by molar-refractivity contribution is 6.04. The Balaban J connectivity index is 1.75. The van der Waals surface area contributed by atoms with Crippen molar-refractivity contribution in [3.05, 3.63) is 66.9 Å². The lowest BCUT2D eigenvalue weighted by molar-refractivity contribution is 0.102. The van der Waals surface area contributed by atoms with Crippen molar-refractivity contribution < 1.29 is 9.18 Å². The van der Waals surface area contributed by atoms with Gasteiger partial charge in [-0.2, -0.15) is 4.39 Å². The summed E-state index contributed by atoms with van der Waals surface area (Å²) in [5, 5.41) is 2.64. The molecule has 1 amide bonds. The number of nitrogens with one attached hydrogen (secondary N) is 1. The molecule has 7 heteroatoms. The van der Waals surface area contributed by atoms with E-state index in [0.29, 0.717) is 11.5 Å². The summed E-state index contributed by atoms with van der Waals surface area (Å²) in [6.45, 7) is 0. The second-order valence-corrected chi connectivity index (χ2v) is 4.20. The lowest BCUT2D eigenvalue weighted by Gasteiger charge is -2.06. The van der Waals surface area contributed by atoms with E-state index < -0.39 is 11.9 Å². The van der Waals surface area contributed by atoms with E-state index >= 15 is 0 Å². The van der Waals surface area contributed by atoms with E-state index in [1.54, 1.807) is 35.4 Å². The maximum absolute atomic E-state index is 13.0. The van der Waals surface area contributed by atoms with E-state index in [2.05, 4.69) is 20.3 Å². The minimum Gasteiger partial charge on any atom is -0.321 e. The van der Waals surface area contributed by atoms with Crippen LogP contribution < -0.4 is 5.32 Å². The van der Waals surface area contributed by atoms with Gasteiger partial charge in [-0.05, 0) is 18.2 Å². The fraction of sp³-hybridized carbons (Fsp3) is 0. The van der Waals surface area contributed by atoms with Crippen molar-refractivity contribution in [2.45, 2.75) is 0 Å². The van der Waals surface area contributed by atoms with Gasteiger partial charge in [0.2, 0.25) is 5.95 Å². The third kappa shape index (κ3) is 2.92. The fourth-order valence-corrected chi connectivity index (χ4v) is 1.75. The predicted octanol–water partition coefficient (Wildman–Crippen LogP) is 2.05. The molecule has 3 aromatic rings. The lowest BCUT2D eigenvalue weighted by Crippen LogP contribution is -2.12. The number of imidazole rings is 1. The molecule has 3 heterocycles. The van der Waals surface area contributed by atoms with Crippen LogP contribution in [0.25, 0.3) is 5.82 Å². The molecule has 21 heavy (non-hydrogen) atoms. The van der Waals surface area contributed by atoms with Gasteiger partial charge in [0.25, 0.3) is 5.91 Å². The summed E-state index contributed by atoms with van der Waals surface area (Å²) in [7, 11) is 0. The van der Waals surface area contributed by atoms with Crippen molar-refractivity contribution in [3.8, 4) is 5.82 Å². The van der Waals surface area contributed by atoms with Gasteiger partial charge in [0, 0.05) is 30.2 Å². The first-order valence-electron chi connectivity index (χ1n) is 6.10. The smallest absolute Gasteiger partial charge is 0.255 e. The van der Waals surface area contributed by atoms with E-state index in [1.807, 2.05) is 0 Å². The lowest BCUT2D eigenvalue weighted by atomic mass is 10.2. The van der Waals surface area contributed by atoms with Crippen molar-refractivity contribution in [2.24, 2.45) is 0 Å². The maximum Gasteiger partial charge on any atom is 0.255 e. The summed E-state index contributed by atoms with van der Waals surface area (Å²) in [6.07, 6.45) is 7.80. The molecular formula is C14H10FN5O. The van der Waals surface area contributed by atoms with E-state index in [1.165, 1.54) is 18.5 Å². The summed E-state index contributed by atoms with van der Waals surface area (Å²) in [6, 6.07) is 5.95. The topological polar surface area (TPSA) is 72.7 Å². The zero-order chi connectivity index (χ0) is 14.7. The molecule has 0 radical (unpaired) electrons. The zero-order valence-electron chi connectivity index (χ0n) is 10.8. The first kappa shape index (κ1) is 12.9. The summed E-state index contributed by atoms with van der Waals surface area (Å²) in [5.41, 5.74) is 0.710. The second-order valence-electron chi connectivity index (χ2n) is 4.20. The summed E-state index contributed by atoms with van der Waals surface area (Å²) in [5.74, 6) is -0.440. The number of nitrogens with zero attached hydrogens (tertiary/aromatic N) is 4. The predicted molar refractivity (Wildman–Crippen MR) is 73.5 cm³/mol. The Labute approximate surface area is 119 Å². The SMILES string of the molecule is O=C(Nc1ccc(-n2ccnc2)nc1)c1ccnc(F)c1. The average molecular weight is 283 g/mol. The fourth-order valence-electron chi connectivity index (χ4n) is 1.75. The molecule has 0 unspecified atom stereocenters. The molecule has 0 aliphatic heterocycles. The molecule has 3 rings (SSSR count). The Morgan fingerprint density at radius 3 is 2.76 bits per heavy atom. The van der Waals surface area contributed by atoms with Crippen LogP contribution in [0, 0.1) is 5.95 Å². The molecular weight excluding hydrogens is 273 g/mol. The molecule has 0 aromatic carbocycles. The van der Waals surface area contributed by atoms with Crippen molar-refractivity contribution in [1.82, 2.24) is 19.5 Å². The first-order chi connectivity index (χ1) is 10.2. The molecule has 1 N–H and O–H groups in total. The number of hydrogen-bond acceptors (Lipinski definition) is 4. The Bertz CT molecular complexity index is 755. The molecule has 0 bridgehead atoms. The third-order valence-corrected chi connectivity index (χ3v) is 2.76. The standard InChI is InChI=1S/C14H10FN5O/c15-12-7-10(3-4-17-12)14(21)19-11-1-2-13(18-8-11)20-6-5-16-9-20/h1-9H,(H,19,21). The highest BCUT2D eigenvalue weighted by atomic mass is 19.1. The quantitative estimate of drug-likeness (QED) is 0.747. The molecule has 3 aromatic heterocycles. The van der Waals surface area contributed by atoms with Crippen molar-refractivity contribution in [2.75, 3.05) is 5.32 Å². The van der Waals surface area contributed by atoms with Gasteiger partial charge < -0.3 is 5.32 Å². The molecule has 104 valence electrons. The van der Waals surface area contributed by atoms with Crippen LogP contribution in [0.1, 0.15) is 10.4 Å². The molecule has 0 fully saturated rings. The van der Waals surface area contributed by atoms with Crippen LogP contribution in [-0.2, 0) is 0 Å². The number of rotatable bonds is 3. The number of anilines is 1. The van der Waals surface area contributed by atoms with Crippen LogP contribution in [-0.4, -0.2) is 25.4 Å². The summed E-state index contributed by atoms with van der Waals surface area (Å²) >= 11 is 0. The van der Waals surface area contributed by atoms with Gasteiger partial charge in [-0.1, -0.05) is 0 Å². The maximum atomic E-state index is 13.0. The highest BCUT2D eigenvalue weighted by Gasteiger charge is 2.08. The molecule has 6 nitrogen and oxygen atoms in total. The minimum absolute atomic E-state index is 0.196. The van der Waals surface area contributed by atoms with E-state index in [-0.39, 0.29) is 5.56 Å². The number of carbonyl (C=O) groups excluding carboxylic acids is 1. The number of halogens is 1. The zero-order valence-corrected chi connectivity index (χ0v) is 10.8. The highest BCUT2D eigenvalue weighted by Crippen LogP contribution is 2.11. The van der Waals surface area contributed by atoms with Gasteiger partial charge in [-0.25, -0.2) is 15.0 Å². The van der Waals surface area contributed by atoms with Crippen LogP contribution in [0.15, 0.2) is 55.4 Å². The van der Waals surface area contributed by atoms with Crippen LogP contribution in [0.4, 0.5) is 10.1 Å². The average Bonchev–Trinajstić information content (AvgIpc) is 3.02. The summed E-state index contributed by atoms with van der Waals surface area (Å²) < 4.78 is 14.7. The third-order valence-electron chi connectivity index (χ3n) is 2.76. The van der Waals surface area contributed by atoms with Gasteiger partial charge >= 0.3 is 0 Å².